The van der Waals surface area contributed by atoms with E-state index in [1.54, 1.807) is 6.20 Å². The summed E-state index contributed by atoms with van der Waals surface area (Å²) in [5.41, 5.74) is 6.45. The van der Waals surface area contributed by atoms with Crippen LogP contribution in [0.1, 0.15) is 19.4 Å². The monoisotopic (exact) mass is 210 g/mol. The van der Waals surface area contributed by atoms with Gasteiger partial charge >= 0.3 is 0 Å². The number of nitrogens with one attached hydrogen (secondary N) is 1. The van der Waals surface area contributed by atoms with Crippen LogP contribution < -0.4 is 11.1 Å². The fourth-order valence-electron chi connectivity index (χ4n) is 1.12. The van der Waals surface area contributed by atoms with E-state index < -0.39 is 0 Å². The lowest BCUT2D eigenvalue weighted by atomic mass is 10.1. The highest BCUT2D eigenvalue weighted by Crippen LogP contribution is 2.14. The first-order chi connectivity index (χ1) is 7.04. The van der Waals surface area contributed by atoms with Crippen molar-refractivity contribution in [3.8, 4) is 0 Å². The summed E-state index contributed by atoms with van der Waals surface area (Å²) in [6.45, 7) is 6.03. The normalized spacial score (nSPS) is 14.7. The molecule has 1 aromatic heterocycles. The minimum Gasteiger partial charge on any atom is -0.396 e. The largest absolute Gasteiger partial charge is 0.396 e. The molecule has 0 aliphatic rings. The van der Waals surface area contributed by atoms with Crippen molar-refractivity contribution in [3.63, 3.8) is 0 Å². The molecule has 1 heterocycles. The molecule has 0 saturated heterocycles. The number of hydrogen-bond donors (Lipinski definition) is 3. The summed E-state index contributed by atoms with van der Waals surface area (Å²) in [6.07, 6.45) is 1.68. The Morgan fingerprint density at radius 1 is 1.53 bits per heavy atom. The number of aryl methyl sites for hydroxylation is 1. The van der Waals surface area contributed by atoms with Crippen molar-refractivity contribution in [2.75, 3.05) is 17.7 Å². The standard InChI is InChI=1S/C10H18N4O/c1-6-4-12-10(11)14-9(6)13-8(3)7(2)5-15/h4,7-8,15H,5H2,1-3H3,(H3,11,12,13,14). The average molecular weight is 210 g/mol. The molecule has 0 saturated carbocycles. The predicted octanol–water partition coefficient (Wildman–Crippen LogP) is 0.796. The molecule has 0 aliphatic carbocycles. The molecule has 0 amide bonds. The van der Waals surface area contributed by atoms with Crippen molar-refractivity contribution in [3.05, 3.63) is 11.8 Å². The molecule has 0 aliphatic heterocycles. The van der Waals surface area contributed by atoms with Crippen LogP contribution in [0.25, 0.3) is 0 Å². The molecule has 5 heteroatoms. The first kappa shape index (κ1) is 11.7. The maximum absolute atomic E-state index is 9.01. The second-order valence-electron chi connectivity index (χ2n) is 3.85. The molecule has 1 aromatic rings. The molecule has 0 spiro atoms. The van der Waals surface area contributed by atoms with Crippen LogP contribution in [0.4, 0.5) is 11.8 Å². The fourth-order valence-corrected chi connectivity index (χ4v) is 1.12. The Labute approximate surface area is 89.7 Å². The Hall–Kier alpha value is -1.36. The molecule has 15 heavy (non-hydrogen) atoms. The van der Waals surface area contributed by atoms with Crippen molar-refractivity contribution in [2.24, 2.45) is 5.92 Å². The maximum Gasteiger partial charge on any atom is 0.221 e. The van der Waals surface area contributed by atoms with Gasteiger partial charge in [0.05, 0.1) is 0 Å². The predicted molar refractivity (Wildman–Crippen MR) is 60.5 cm³/mol. The quantitative estimate of drug-likeness (QED) is 0.684. The van der Waals surface area contributed by atoms with E-state index in [0.29, 0.717) is 0 Å². The lowest BCUT2D eigenvalue weighted by Crippen LogP contribution is -2.27. The van der Waals surface area contributed by atoms with Crippen LogP contribution in [0.5, 0.6) is 0 Å². The van der Waals surface area contributed by atoms with Crippen molar-refractivity contribution in [2.45, 2.75) is 26.8 Å². The van der Waals surface area contributed by atoms with Gasteiger partial charge in [-0.25, -0.2) is 4.98 Å². The highest BCUT2D eigenvalue weighted by atomic mass is 16.3. The van der Waals surface area contributed by atoms with E-state index in [0.717, 1.165) is 11.4 Å². The smallest absolute Gasteiger partial charge is 0.221 e. The summed E-state index contributed by atoms with van der Waals surface area (Å²) >= 11 is 0. The minimum atomic E-state index is 0.142. The summed E-state index contributed by atoms with van der Waals surface area (Å²) in [4.78, 5) is 7.99. The lowest BCUT2D eigenvalue weighted by Gasteiger charge is -2.20. The fraction of sp³-hybridized carbons (Fsp3) is 0.600. The highest BCUT2D eigenvalue weighted by Gasteiger charge is 2.12. The number of nitrogens with two attached hydrogens (primary N) is 1. The molecule has 84 valence electrons. The summed E-state index contributed by atoms with van der Waals surface area (Å²) in [6, 6.07) is 0.142. The molecule has 4 N–H and O–H groups in total. The topological polar surface area (TPSA) is 84.1 Å². The Morgan fingerprint density at radius 2 is 2.20 bits per heavy atom. The van der Waals surface area contributed by atoms with E-state index in [4.69, 9.17) is 10.8 Å². The van der Waals surface area contributed by atoms with E-state index in [-0.39, 0.29) is 24.5 Å². The zero-order valence-electron chi connectivity index (χ0n) is 9.36. The van der Waals surface area contributed by atoms with Crippen LogP contribution in [0.2, 0.25) is 0 Å². The highest BCUT2D eigenvalue weighted by molar-refractivity contribution is 5.45. The number of nitrogen functional groups attached to an aromatic ring is 1. The van der Waals surface area contributed by atoms with E-state index in [1.807, 2.05) is 20.8 Å². The van der Waals surface area contributed by atoms with Gasteiger partial charge in [-0.2, -0.15) is 4.98 Å². The van der Waals surface area contributed by atoms with Crippen LogP contribution in [-0.2, 0) is 0 Å². The second-order valence-corrected chi connectivity index (χ2v) is 3.85. The van der Waals surface area contributed by atoms with E-state index in [2.05, 4.69) is 15.3 Å². The van der Waals surface area contributed by atoms with E-state index >= 15 is 0 Å². The van der Waals surface area contributed by atoms with E-state index in [1.165, 1.54) is 0 Å². The van der Waals surface area contributed by atoms with Crippen LogP contribution in [-0.4, -0.2) is 27.7 Å². The van der Waals surface area contributed by atoms with Gasteiger partial charge in [-0.1, -0.05) is 6.92 Å². The number of aromatic nitrogens is 2. The SMILES string of the molecule is Cc1cnc(N)nc1NC(C)C(C)CO. The van der Waals surface area contributed by atoms with Gasteiger partial charge in [0.1, 0.15) is 5.82 Å². The Morgan fingerprint density at radius 3 is 2.80 bits per heavy atom. The van der Waals surface area contributed by atoms with Gasteiger partial charge in [-0.15, -0.1) is 0 Å². The average Bonchev–Trinajstić information content (AvgIpc) is 2.22. The summed E-state index contributed by atoms with van der Waals surface area (Å²) in [7, 11) is 0. The molecule has 2 atom stereocenters. The van der Waals surface area contributed by atoms with Gasteiger partial charge in [0.25, 0.3) is 0 Å². The molecule has 1 rings (SSSR count). The van der Waals surface area contributed by atoms with Gasteiger partial charge in [0, 0.05) is 24.4 Å². The number of nitrogens with zero attached hydrogens (tertiary/aromatic N) is 2. The Bertz CT molecular complexity index is 329. The molecule has 0 fully saturated rings. The zero-order valence-corrected chi connectivity index (χ0v) is 9.36. The number of anilines is 2. The first-order valence-electron chi connectivity index (χ1n) is 5.01. The van der Waals surface area contributed by atoms with Crippen LogP contribution in [0.15, 0.2) is 6.20 Å². The number of aliphatic hydroxyl groups excluding tert-OH is 1. The number of hydrogen-bond acceptors (Lipinski definition) is 5. The van der Waals surface area contributed by atoms with E-state index in [9.17, 15) is 0 Å². The Balaban J connectivity index is 2.75. The van der Waals surface area contributed by atoms with Crippen molar-refractivity contribution >= 4 is 11.8 Å². The Kier molecular flexibility index (Phi) is 3.85. The van der Waals surface area contributed by atoms with Crippen molar-refractivity contribution < 1.29 is 5.11 Å². The molecular formula is C10H18N4O. The first-order valence-corrected chi connectivity index (χ1v) is 5.01. The maximum atomic E-state index is 9.01. The molecule has 0 bridgehead atoms. The number of rotatable bonds is 4. The molecule has 0 radical (unpaired) electrons. The number of aliphatic hydroxyl groups is 1. The van der Waals surface area contributed by atoms with Gasteiger partial charge in [0.2, 0.25) is 5.95 Å². The van der Waals surface area contributed by atoms with Crippen LogP contribution >= 0.6 is 0 Å². The molecular weight excluding hydrogens is 192 g/mol. The summed E-state index contributed by atoms with van der Waals surface area (Å²) in [5.74, 6) is 1.16. The van der Waals surface area contributed by atoms with Crippen LogP contribution in [0, 0.1) is 12.8 Å². The third-order valence-electron chi connectivity index (χ3n) is 2.50. The lowest BCUT2D eigenvalue weighted by molar-refractivity contribution is 0.226. The van der Waals surface area contributed by atoms with Gasteiger partial charge in [0.15, 0.2) is 0 Å². The van der Waals surface area contributed by atoms with Gasteiger partial charge in [-0.3, -0.25) is 0 Å². The van der Waals surface area contributed by atoms with Crippen molar-refractivity contribution in [1.29, 1.82) is 0 Å². The zero-order chi connectivity index (χ0) is 11.4. The third kappa shape index (κ3) is 3.06. The molecule has 5 nitrogen and oxygen atoms in total. The van der Waals surface area contributed by atoms with Gasteiger partial charge in [-0.05, 0) is 19.8 Å². The second kappa shape index (κ2) is 4.93. The third-order valence-corrected chi connectivity index (χ3v) is 2.50. The summed E-state index contributed by atoms with van der Waals surface area (Å²) in [5, 5.41) is 12.2. The molecule has 2 unspecified atom stereocenters. The van der Waals surface area contributed by atoms with Gasteiger partial charge < -0.3 is 16.2 Å². The van der Waals surface area contributed by atoms with Crippen molar-refractivity contribution in [1.82, 2.24) is 9.97 Å². The molecule has 0 aromatic carbocycles. The summed E-state index contributed by atoms with van der Waals surface area (Å²) < 4.78 is 0. The minimum absolute atomic E-state index is 0.142. The van der Waals surface area contributed by atoms with Crippen LogP contribution in [0.3, 0.4) is 0 Å².